The molecule has 0 bridgehead atoms. The smallest absolute Gasteiger partial charge is 0.269 e. The first-order valence-electron chi connectivity index (χ1n) is 12.0. The van der Waals surface area contributed by atoms with Crippen molar-refractivity contribution in [1.82, 2.24) is 14.5 Å². The summed E-state index contributed by atoms with van der Waals surface area (Å²) in [4.78, 5) is 40.8. The van der Waals surface area contributed by atoms with Crippen LogP contribution < -0.4 is 5.32 Å². The summed E-state index contributed by atoms with van der Waals surface area (Å²) in [5, 5.41) is 2.65. The van der Waals surface area contributed by atoms with Crippen molar-refractivity contribution >= 4 is 27.7 Å². The average Bonchev–Trinajstić information content (AvgIpc) is 3.10. The van der Waals surface area contributed by atoms with Gasteiger partial charge in [-0.1, -0.05) is 72.3 Å². The zero-order valence-electron chi connectivity index (χ0n) is 20.8. The monoisotopic (exact) mass is 519 g/mol. The molecule has 9 heteroatoms. The van der Waals surface area contributed by atoms with Crippen LogP contribution in [0.15, 0.2) is 83.8 Å². The highest BCUT2D eigenvalue weighted by atomic mass is 32.2. The third-order valence-electron chi connectivity index (χ3n) is 6.43. The summed E-state index contributed by atoms with van der Waals surface area (Å²) in [6.45, 7) is 1.80. The second kappa shape index (κ2) is 11.0. The lowest BCUT2D eigenvalue weighted by Gasteiger charge is -2.31. The van der Waals surface area contributed by atoms with Gasteiger partial charge in [0.1, 0.15) is 10.9 Å². The normalized spacial score (nSPS) is 14.6. The lowest BCUT2D eigenvalue weighted by Crippen LogP contribution is -2.50. The van der Waals surface area contributed by atoms with Crippen molar-refractivity contribution in [2.45, 2.75) is 37.2 Å². The topological polar surface area (TPSA) is 104 Å². The lowest BCUT2D eigenvalue weighted by atomic mass is 10.0. The van der Waals surface area contributed by atoms with E-state index in [-0.39, 0.29) is 42.3 Å². The molecule has 1 aliphatic heterocycles. The van der Waals surface area contributed by atoms with E-state index in [4.69, 9.17) is 0 Å². The maximum Gasteiger partial charge on any atom is 0.269 e. The number of carbonyl (C=O) groups excluding carboxylic acids is 3. The SMILES string of the molecule is CNC(=O)C(Cc1ccccc1)N(Cc1ccc(C)cc1)C(=O)CCN1C(=O)c2ccccc2S1(=O)=O. The van der Waals surface area contributed by atoms with E-state index in [0.717, 1.165) is 21.0 Å². The molecule has 3 aromatic rings. The Balaban J connectivity index is 1.61. The molecule has 3 amide bonds. The molecule has 192 valence electrons. The Kier molecular flexibility index (Phi) is 7.73. The fourth-order valence-corrected chi connectivity index (χ4v) is 5.97. The fraction of sp³-hybridized carbons (Fsp3) is 0.250. The van der Waals surface area contributed by atoms with Crippen molar-refractivity contribution in [3.63, 3.8) is 0 Å². The molecular formula is C28H29N3O5S. The Morgan fingerprint density at radius 1 is 0.919 bits per heavy atom. The number of amides is 3. The number of aryl methyl sites for hydroxylation is 1. The Morgan fingerprint density at radius 3 is 2.22 bits per heavy atom. The van der Waals surface area contributed by atoms with E-state index in [9.17, 15) is 22.8 Å². The molecule has 0 spiro atoms. The molecule has 3 aromatic carbocycles. The van der Waals surface area contributed by atoms with Gasteiger partial charge in [0.2, 0.25) is 11.8 Å². The van der Waals surface area contributed by atoms with E-state index in [1.54, 1.807) is 12.1 Å². The molecule has 0 aromatic heterocycles. The average molecular weight is 520 g/mol. The number of hydrogen-bond acceptors (Lipinski definition) is 5. The largest absolute Gasteiger partial charge is 0.357 e. The van der Waals surface area contributed by atoms with Gasteiger partial charge in [-0.2, -0.15) is 0 Å². The standard InChI is InChI=1S/C28H29N3O5S/c1-20-12-14-22(15-13-20)19-30(24(27(33)29-2)18-21-8-4-3-5-9-21)26(32)16-17-31-28(34)23-10-6-7-11-25(23)37(31,35)36/h3-15,24H,16-19H2,1-2H3,(H,29,33). The van der Waals surface area contributed by atoms with Gasteiger partial charge < -0.3 is 10.2 Å². The van der Waals surface area contributed by atoms with Crippen LogP contribution in [0.4, 0.5) is 0 Å². The zero-order valence-corrected chi connectivity index (χ0v) is 21.6. The van der Waals surface area contributed by atoms with Gasteiger partial charge in [0.05, 0.1) is 5.56 Å². The minimum absolute atomic E-state index is 0.0590. The van der Waals surface area contributed by atoms with E-state index in [1.165, 1.54) is 24.1 Å². The first kappa shape index (κ1) is 26.1. The van der Waals surface area contributed by atoms with Crippen LogP contribution >= 0.6 is 0 Å². The van der Waals surface area contributed by atoms with Gasteiger partial charge in [-0.15, -0.1) is 0 Å². The highest BCUT2D eigenvalue weighted by Gasteiger charge is 2.41. The number of likely N-dealkylation sites (N-methyl/N-ethyl adjacent to an activating group) is 1. The molecule has 1 atom stereocenters. The summed E-state index contributed by atoms with van der Waals surface area (Å²) in [6.07, 6.45) is 0.0254. The Bertz CT molecular complexity index is 1410. The maximum absolute atomic E-state index is 13.6. The molecule has 0 aliphatic carbocycles. The number of hydrogen-bond donors (Lipinski definition) is 1. The molecular weight excluding hydrogens is 490 g/mol. The van der Waals surface area contributed by atoms with Crippen molar-refractivity contribution in [1.29, 1.82) is 0 Å². The van der Waals surface area contributed by atoms with Crippen molar-refractivity contribution in [3.05, 3.63) is 101 Å². The van der Waals surface area contributed by atoms with Crippen molar-refractivity contribution in [3.8, 4) is 0 Å². The molecule has 1 unspecified atom stereocenters. The molecule has 8 nitrogen and oxygen atoms in total. The fourth-order valence-electron chi connectivity index (χ4n) is 4.40. The van der Waals surface area contributed by atoms with E-state index >= 15 is 0 Å². The van der Waals surface area contributed by atoms with Crippen LogP contribution in [0.25, 0.3) is 0 Å². The van der Waals surface area contributed by atoms with Crippen molar-refractivity contribution in [2.24, 2.45) is 0 Å². The number of rotatable bonds is 9. The van der Waals surface area contributed by atoms with Crippen LogP contribution in [0.1, 0.15) is 33.5 Å². The molecule has 0 saturated heterocycles. The second-order valence-electron chi connectivity index (χ2n) is 8.96. The number of fused-ring (bicyclic) bond motifs is 1. The Hall–Kier alpha value is -3.98. The van der Waals surface area contributed by atoms with Crippen LogP contribution in [0.3, 0.4) is 0 Å². The number of nitrogens with one attached hydrogen (secondary N) is 1. The predicted molar refractivity (Wildman–Crippen MR) is 139 cm³/mol. The molecule has 0 radical (unpaired) electrons. The maximum atomic E-state index is 13.6. The van der Waals surface area contributed by atoms with Crippen LogP contribution in [-0.2, 0) is 32.6 Å². The quantitative estimate of drug-likeness (QED) is 0.468. The van der Waals surface area contributed by atoms with Gasteiger partial charge in [-0.3, -0.25) is 14.4 Å². The van der Waals surface area contributed by atoms with Gasteiger partial charge in [-0.05, 0) is 30.2 Å². The number of benzene rings is 3. The summed E-state index contributed by atoms with van der Waals surface area (Å²) in [5.74, 6) is -1.41. The predicted octanol–water partition coefficient (Wildman–Crippen LogP) is 2.92. The Labute approximate surface area is 217 Å². The van der Waals surface area contributed by atoms with E-state index < -0.39 is 27.9 Å². The van der Waals surface area contributed by atoms with Gasteiger partial charge in [-0.25, -0.2) is 12.7 Å². The van der Waals surface area contributed by atoms with E-state index in [1.807, 2.05) is 61.5 Å². The van der Waals surface area contributed by atoms with Crippen LogP contribution in [0, 0.1) is 6.92 Å². The molecule has 1 heterocycles. The number of nitrogens with zero attached hydrogens (tertiary/aromatic N) is 2. The molecule has 0 saturated carbocycles. The van der Waals surface area contributed by atoms with Crippen LogP contribution in [0.5, 0.6) is 0 Å². The summed E-state index contributed by atoms with van der Waals surface area (Å²) in [6, 6.07) is 22.2. The highest BCUT2D eigenvalue weighted by molar-refractivity contribution is 7.90. The first-order chi connectivity index (χ1) is 17.7. The summed E-state index contributed by atoms with van der Waals surface area (Å²) in [7, 11) is -2.52. The minimum atomic E-state index is -4.04. The molecule has 0 fully saturated rings. The molecule has 1 aliphatic rings. The van der Waals surface area contributed by atoms with Crippen molar-refractivity contribution < 1.29 is 22.8 Å². The minimum Gasteiger partial charge on any atom is -0.357 e. The zero-order chi connectivity index (χ0) is 26.6. The van der Waals surface area contributed by atoms with E-state index in [2.05, 4.69) is 5.32 Å². The van der Waals surface area contributed by atoms with E-state index in [0.29, 0.717) is 0 Å². The summed E-state index contributed by atoms with van der Waals surface area (Å²) < 4.78 is 26.6. The third-order valence-corrected chi connectivity index (χ3v) is 8.27. The van der Waals surface area contributed by atoms with Crippen LogP contribution in [0.2, 0.25) is 0 Å². The van der Waals surface area contributed by atoms with Gasteiger partial charge in [0, 0.05) is 33.0 Å². The lowest BCUT2D eigenvalue weighted by molar-refractivity contribution is -0.141. The number of carbonyl (C=O) groups is 3. The van der Waals surface area contributed by atoms with Crippen molar-refractivity contribution in [2.75, 3.05) is 13.6 Å². The summed E-state index contributed by atoms with van der Waals surface area (Å²) >= 11 is 0. The molecule has 37 heavy (non-hydrogen) atoms. The number of sulfonamides is 1. The van der Waals surface area contributed by atoms with Gasteiger partial charge in [0.25, 0.3) is 15.9 Å². The highest BCUT2D eigenvalue weighted by Crippen LogP contribution is 2.30. The van der Waals surface area contributed by atoms with Gasteiger partial charge in [0.15, 0.2) is 0 Å². The first-order valence-corrected chi connectivity index (χ1v) is 13.4. The van der Waals surface area contributed by atoms with Crippen LogP contribution in [-0.4, -0.2) is 55.0 Å². The summed E-state index contributed by atoms with van der Waals surface area (Å²) in [5.41, 5.74) is 2.87. The molecule has 4 rings (SSSR count). The third kappa shape index (κ3) is 5.56. The van der Waals surface area contributed by atoms with Gasteiger partial charge >= 0.3 is 0 Å². The Morgan fingerprint density at radius 2 is 1.57 bits per heavy atom. The second-order valence-corrected chi connectivity index (χ2v) is 10.8. The molecule has 1 N–H and O–H groups in total.